The fourth-order valence-corrected chi connectivity index (χ4v) is 3.07. The largest absolute Gasteiger partial charge is 0.399 e. The van der Waals surface area contributed by atoms with Gasteiger partial charge in [-0.05, 0) is 48.9 Å². The lowest BCUT2D eigenvalue weighted by atomic mass is 10.2. The number of carbonyl (C=O) groups excluding carboxylic acids is 1. The van der Waals surface area contributed by atoms with Crippen LogP contribution in [0.25, 0.3) is 0 Å². The molecule has 6 nitrogen and oxygen atoms in total. The highest BCUT2D eigenvalue weighted by Crippen LogP contribution is 2.20. The van der Waals surface area contributed by atoms with Gasteiger partial charge in [0.2, 0.25) is 5.91 Å². The number of nitrogens with one attached hydrogen (secondary N) is 1. The van der Waals surface area contributed by atoms with Crippen molar-refractivity contribution in [3.8, 4) is 0 Å². The van der Waals surface area contributed by atoms with Crippen molar-refractivity contribution in [2.24, 2.45) is 5.73 Å². The van der Waals surface area contributed by atoms with Crippen LogP contribution in [0.2, 0.25) is 0 Å². The van der Waals surface area contributed by atoms with E-state index in [4.69, 9.17) is 11.5 Å². The summed E-state index contributed by atoms with van der Waals surface area (Å²) in [6.07, 6.45) is 0. The number of nitrogen functional groups attached to an aromatic ring is 1. The molecule has 0 radical (unpaired) electrons. The number of nitrogens with two attached hydrogens (primary N) is 2. The molecule has 0 aromatic heterocycles. The lowest BCUT2D eigenvalue weighted by Crippen LogP contribution is -2.15. The van der Waals surface area contributed by atoms with Gasteiger partial charge in [0.25, 0.3) is 10.0 Å². The molecule has 0 heterocycles. The molecule has 0 fully saturated rings. The minimum atomic E-state index is -3.78. The van der Waals surface area contributed by atoms with Crippen LogP contribution in [0.15, 0.2) is 47.4 Å². The van der Waals surface area contributed by atoms with Crippen LogP contribution in [0, 0.1) is 6.92 Å². The standard InChI is InChI=1S/C14H15N3O3S/c1-9-5-11(15)8-13(6-9)21(19,20)17-12-4-2-3-10(7-12)14(16)18/h2-8,17H,15H2,1H3,(H2,16,18). The average Bonchev–Trinajstić information content (AvgIpc) is 2.37. The summed E-state index contributed by atoms with van der Waals surface area (Å²) < 4.78 is 27.0. The summed E-state index contributed by atoms with van der Waals surface area (Å²) in [5.74, 6) is -0.629. The summed E-state index contributed by atoms with van der Waals surface area (Å²) in [6, 6.07) is 10.5. The normalized spacial score (nSPS) is 11.1. The molecule has 0 aliphatic heterocycles. The Bertz CT molecular complexity index is 781. The van der Waals surface area contributed by atoms with Crippen LogP contribution in [0.4, 0.5) is 11.4 Å². The second-order valence-electron chi connectivity index (χ2n) is 4.63. The minimum Gasteiger partial charge on any atom is -0.399 e. The molecule has 0 aliphatic carbocycles. The van der Waals surface area contributed by atoms with Gasteiger partial charge < -0.3 is 11.5 Å². The van der Waals surface area contributed by atoms with Crippen LogP contribution in [0.1, 0.15) is 15.9 Å². The van der Waals surface area contributed by atoms with Crippen LogP contribution < -0.4 is 16.2 Å². The number of anilines is 2. The molecule has 2 aromatic rings. The average molecular weight is 305 g/mol. The summed E-state index contributed by atoms with van der Waals surface area (Å²) >= 11 is 0. The van der Waals surface area contributed by atoms with E-state index in [2.05, 4.69) is 4.72 Å². The lowest BCUT2D eigenvalue weighted by molar-refractivity contribution is 0.100. The molecule has 0 saturated heterocycles. The van der Waals surface area contributed by atoms with Crippen molar-refractivity contribution >= 4 is 27.3 Å². The summed E-state index contributed by atoms with van der Waals surface area (Å²) in [4.78, 5) is 11.2. The molecule has 110 valence electrons. The smallest absolute Gasteiger partial charge is 0.261 e. The number of primary amides is 1. The van der Waals surface area contributed by atoms with Gasteiger partial charge in [-0.1, -0.05) is 6.07 Å². The first-order valence-corrected chi connectivity index (χ1v) is 7.56. The number of sulfonamides is 1. The molecule has 2 rings (SSSR count). The van der Waals surface area contributed by atoms with E-state index in [1.807, 2.05) is 0 Å². The van der Waals surface area contributed by atoms with E-state index in [1.54, 1.807) is 19.1 Å². The molecule has 0 saturated carbocycles. The quantitative estimate of drug-likeness (QED) is 0.742. The third-order valence-electron chi connectivity index (χ3n) is 2.78. The number of carbonyl (C=O) groups is 1. The second-order valence-corrected chi connectivity index (χ2v) is 6.31. The Morgan fingerprint density at radius 2 is 1.86 bits per heavy atom. The Labute approximate surface area is 122 Å². The van der Waals surface area contributed by atoms with Gasteiger partial charge in [0, 0.05) is 16.9 Å². The van der Waals surface area contributed by atoms with Crippen molar-refractivity contribution in [3.05, 3.63) is 53.6 Å². The Morgan fingerprint density at radius 3 is 2.48 bits per heavy atom. The number of hydrogen-bond acceptors (Lipinski definition) is 4. The van der Waals surface area contributed by atoms with Crippen LogP contribution >= 0.6 is 0 Å². The van der Waals surface area contributed by atoms with Crippen LogP contribution in [-0.4, -0.2) is 14.3 Å². The van der Waals surface area contributed by atoms with Gasteiger partial charge in [-0.3, -0.25) is 9.52 Å². The van der Waals surface area contributed by atoms with Gasteiger partial charge in [-0.25, -0.2) is 8.42 Å². The first-order valence-electron chi connectivity index (χ1n) is 6.08. The Balaban J connectivity index is 2.37. The zero-order chi connectivity index (χ0) is 15.6. The summed E-state index contributed by atoms with van der Waals surface area (Å²) in [6.45, 7) is 1.75. The Hall–Kier alpha value is -2.54. The van der Waals surface area contributed by atoms with Crippen molar-refractivity contribution in [2.75, 3.05) is 10.5 Å². The minimum absolute atomic E-state index is 0.0597. The SMILES string of the molecule is Cc1cc(N)cc(S(=O)(=O)Nc2cccc(C(N)=O)c2)c1. The van der Waals surface area contributed by atoms with Gasteiger partial charge in [0.15, 0.2) is 0 Å². The maximum atomic E-state index is 12.3. The van der Waals surface area contributed by atoms with Gasteiger partial charge in [0.1, 0.15) is 0 Å². The zero-order valence-electron chi connectivity index (χ0n) is 11.3. The van der Waals surface area contributed by atoms with E-state index in [0.29, 0.717) is 5.69 Å². The van der Waals surface area contributed by atoms with Crippen molar-refractivity contribution < 1.29 is 13.2 Å². The predicted octanol–water partition coefficient (Wildman–Crippen LogP) is 1.48. The van der Waals surface area contributed by atoms with Crippen molar-refractivity contribution in [3.63, 3.8) is 0 Å². The molecule has 0 aliphatic rings. The van der Waals surface area contributed by atoms with Crippen LogP contribution in [0.3, 0.4) is 0 Å². The third-order valence-corrected chi connectivity index (χ3v) is 4.14. The Morgan fingerprint density at radius 1 is 1.14 bits per heavy atom. The van der Waals surface area contributed by atoms with Crippen LogP contribution in [-0.2, 0) is 10.0 Å². The topological polar surface area (TPSA) is 115 Å². The summed E-state index contributed by atoms with van der Waals surface area (Å²) in [5.41, 5.74) is 12.4. The van der Waals surface area contributed by atoms with Crippen LogP contribution in [0.5, 0.6) is 0 Å². The van der Waals surface area contributed by atoms with Gasteiger partial charge >= 0.3 is 0 Å². The van der Waals surface area contributed by atoms with Gasteiger partial charge in [-0.15, -0.1) is 0 Å². The van der Waals surface area contributed by atoms with E-state index in [0.717, 1.165) is 5.56 Å². The number of aryl methyl sites for hydroxylation is 1. The zero-order valence-corrected chi connectivity index (χ0v) is 12.1. The van der Waals surface area contributed by atoms with E-state index < -0.39 is 15.9 Å². The van der Waals surface area contributed by atoms with Crippen molar-refractivity contribution in [1.29, 1.82) is 0 Å². The number of hydrogen-bond donors (Lipinski definition) is 3. The highest BCUT2D eigenvalue weighted by molar-refractivity contribution is 7.92. The van der Waals surface area contributed by atoms with Gasteiger partial charge in [0.05, 0.1) is 4.90 Å². The highest BCUT2D eigenvalue weighted by Gasteiger charge is 2.15. The van der Waals surface area contributed by atoms with E-state index in [-0.39, 0.29) is 16.1 Å². The predicted molar refractivity (Wildman–Crippen MR) is 81.4 cm³/mol. The summed E-state index contributed by atoms with van der Waals surface area (Å²) in [5, 5.41) is 0. The number of amides is 1. The monoisotopic (exact) mass is 305 g/mol. The fourth-order valence-electron chi connectivity index (χ4n) is 1.88. The molecule has 5 N–H and O–H groups in total. The maximum absolute atomic E-state index is 12.3. The lowest BCUT2D eigenvalue weighted by Gasteiger charge is -2.10. The molecule has 21 heavy (non-hydrogen) atoms. The first-order chi connectivity index (χ1) is 9.78. The van der Waals surface area contributed by atoms with Gasteiger partial charge in [-0.2, -0.15) is 0 Å². The first kappa shape index (κ1) is 14.9. The molecular weight excluding hydrogens is 290 g/mol. The van der Waals surface area contributed by atoms with Crippen molar-refractivity contribution in [1.82, 2.24) is 0 Å². The third kappa shape index (κ3) is 3.51. The molecular formula is C14H15N3O3S. The molecule has 0 bridgehead atoms. The molecule has 0 atom stereocenters. The van der Waals surface area contributed by atoms with Crippen molar-refractivity contribution in [2.45, 2.75) is 11.8 Å². The molecule has 7 heteroatoms. The molecule has 2 aromatic carbocycles. The van der Waals surface area contributed by atoms with E-state index in [1.165, 1.54) is 30.3 Å². The Kier molecular flexibility index (Phi) is 3.86. The number of benzene rings is 2. The number of rotatable bonds is 4. The highest BCUT2D eigenvalue weighted by atomic mass is 32.2. The van der Waals surface area contributed by atoms with E-state index >= 15 is 0 Å². The molecule has 1 amide bonds. The fraction of sp³-hybridized carbons (Fsp3) is 0.0714. The van der Waals surface area contributed by atoms with E-state index in [9.17, 15) is 13.2 Å². The molecule has 0 spiro atoms. The second kappa shape index (κ2) is 5.45. The molecule has 0 unspecified atom stereocenters. The maximum Gasteiger partial charge on any atom is 0.261 e. The summed E-state index contributed by atoms with van der Waals surface area (Å²) in [7, 11) is -3.78.